The Balaban J connectivity index is 2.90. The number of anilines is 1. The van der Waals surface area contributed by atoms with Crippen molar-refractivity contribution in [1.29, 1.82) is 0 Å². The quantitative estimate of drug-likeness (QED) is 0.821. The number of nitrogens with zero attached hydrogens (tertiary/aromatic N) is 1. The average molecular weight is 216 g/mol. The molecule has 0 aliphatic heterocycles. The number of aromatic nitrogens is 1. The summed E-state index contributed by atoms with van der Waals surface area (Å²) in [4.78, 5) is 3.72. The van der Waals surface area contributed by atoms with Gasteiger partial charge in [0.1, 0.15) is 0 Å². The van der Waals surface area contributed by atoms with Crippen LogP contribution in [0.1, 0.15) is 20.3 Å². The fourth-order valence-corrected chi connectivity index (χ4v) is 1.06. The molecule has 15 heavy (non-hydrogen) atoms. The highest BCUT2D eigenvalue weighted by atomic mass is 19.1. The smallest absolute Gasteiger partial charge is 0.252 e. The van der Waals surface area contributed by atoms with E-state index in [-0.39, 0.29) is 11.7 Å². The molecule has 0 aromatic carbocycles. The van der Waals surface area contributed by atoms with Crippen LogP contribution in [0.5, 0.6) is 5.88 Å². The zero-order valence-electron chi connectivity index (χ0n) is 8.81. The van der Waals surface area contributed by atoms with E-state index in [1.54, 1.807) is 6.92 Å². The Morgan fingerprint density at radius 2 is 2.07 bits per heavy atom. The van der Waals surface area contributed by atoms with Crippen LogP contribution in [-0.2, 0) is 0 Å². The van der Waals surface area contributed by atoms with E-state index in [9.17, 15) is 8.78 Å². The van der Waals surface area contributed by atoms with E-state index in [0.717, 1.165) is 12.5 Å². The highest BCUT2D eigenvalue weighted by molar-refractivity contribution is 5.39. The van der Waals surface area contributed by atoms with Crippen LogP contribution < -0.4 is 10.1 Å². The van der Waals surface area contributed by atoms with Crippen molar-refractivity contribution in [3.8, 4) is 5.88 Å². The highest BCUT2D eigenvalue weighted by Gasteiger charge is 2.11. The number of pyridine rings is 1. The summed E-state index contributed by atoms with van der Waals surface area (Å²) in [7, 11) is 0. The van der Waals surface area contributed by atoms with Crippen LogP contribution in [0.25, 0.3) is 0 Å². The molecule has 84 valence electrons. The molecule has 3 nitrogen and oxygen atoms in total. The molecule has 1 aromatic heterocycles. The molecular formula is C10H14F2N2O. The van der Waals surface area contributed by atoms with Gasteiger partial charge in [-0.3, -0.25) is 0 Å². The second-order valence-corrected chi connectivity index (χ2v) is 2.97. The van der Waals surface area contributed by atoms with Gasteiger partial charge >= 0.3 is 0 Å². The predicted octanol–water partition coefficient (Wildman–Crippen LogP) is 2.58. The van der Waals surface area contributed by atoms with E-state index >= 15 is 0 Å². The normalized spacial score (nSPS) is 10.1. The summed E-state index contributed by atoms with van der Waals surface area (Å²) in [6, 6.07) is 0.774. The van der Waals surface area contributed by atoms with Gasteiger partial charge in [-0.05, 0) is 13.3 Å². The van der Waals surface area contributed by atoms with Crippen LogP contribution in [0.4, 0.5) is 14.6 Å². The molecular weight excluding hydrogens is 202 g/mol. The van der Waals surface area contributed by atoms with E-state index in [1.165, 1.54) is 0 Å². The molecule has 1 aromatic rings. The monoisotopic (exact) mass is 216 g/mol. The second-order valence-electron chi connectivity index (χ2n) is 2.97. The number of hydrogen-bond donors (Lipinski definition) is 1. The molecule has 0 saturated heterocycles. The molecule has 1 heterocycles. The lowest BCUT2D eigenvalue weighted by Crippen LogP contribution is -2.07. The van der Waals surface area contributed by atoms with Crippen LogP contribution in [0.3, 0.4) is 0 Å². The first kappa shape index (κ1) is 11.7. The number of halogens is 2. The van der Waals surface area contributed by atoms with E-state index in [2.05, 4.69) is 10.3 Å². The van der Waals surface area contributed by atoms with E-state index in [4.69, 9.17) is 4.74 Å². The maximum atomic E-state index is 13.2. The average Bonchev–Trinajstić information content (AvgIpc) is 2.20. The Morgan fingerprint density at radius 1 is 1.33 bits per heavy atom. The summed E-state index contributed by atoms with van der Waals surface area (Å²) in [5.74, 6) is -1.62. The van der Waals surface area contributed by atoms with Crippen LogP contribution in [-0.4, -0.2) is 18.1 Å². The van der Waals surface area contributed by atoms with E-state index < -0.39 is 11.6 Å². The number of rotatable bonds is 5. The van der Waals surface area contributed by atoms with Gasteiger partial charge in [0.05, 0.1) is 6.61 Å². The third kappa shape index (κ3) is 3.04. The minimum Gasteiger partial charge on any atom is -0.476 e. The highest BCUT2D eigenvalue weighted by Crippen LogP contribution is 2.20. The van der Waals surface area contributed by atoms with E-state index in [1.807, 2.05) is 6.92 Å². The van der Waals surface area contributed by atoms with Crippen LogP contribution in [0.2, 0.25) is 0 Å². The summed E-state index contributed by atoms with van der Waals surface area (Å²) >= 11 is 0. The molecule has 0 radical (unpaired) electrons. The van der Waals surface area contributed by atoms with Gasteiger partial charge in [-0.1, -0.05) is 6.92 Å². The van der Waals surface area contributed by atoms with Gasteiger partial charge in [-0.15, -0.1) is 0 Å². The lowest BCUT2D eigenvalue weighted by Gasteiger charge is -2.08. The molecule has 0 unspecified atom stereocenters. The summed E-state index contributed by atoms with van der Waals surface area (Å²) in [5, 5.41) is 2.76. The van der Waals surface area contributed by atoms with Crippen molar-refractivity contribution in [2.45, 2.75) is 20.3 Å². The van der Waals surface area contributed by atoms with Gasteiger partial charge < -0.3 is 10.1 Å². The third-order valence-electron chi connectivity index (χ3n) is 1.72. The van der Waals surface area contributed by atoms with Crippen molar-refractivity contribution >= 4 is 5.82 Å². The SMILES string of the molecule is CCCNc1nc(OCC)c(F)cc1F. The van der Waals surface area contributed by atoms with Gasteiger partial charge in [-0.2, -0.15) is 4.98 Å². The lowest BCUT2D eigenvalue weighted by molar-refractivity contribution is 0.306. The van der Waals surface area contributed by atoms with Gasteiger partial charge in [0.15, 0.2) is 17.5 Å². The van der Waals surface area contributed by atoms with Crippen molar-refractivity contribution in [3.05, 3.63) is 17.7 Å². The first-order valence-corrected chi connectivity index (χ1v) is 4.91. The second kappa shape index (κ2) is 5.48. The standard InChI is InChI=1S/C10H14F2N2O/c1-3-5-13-9-7(11)6-8(12)10(14-9)15-4-2/h6H,3-5H2,1-2H3,(H,13,14). The molecule has 0 aliphatic rings. The summed E-state index contributed by atoms with van der Waals surface area (Å²) in [6.45, 7) is 4.53. The minimum atomic E-state index is -0.781. The fraction of sp³-hybridized carbons (Fsp3) is 0.500. The van der Waals surface area contributed by atoms with E-state index in [0.29, 0.717) is 13.2 Å². The zero-order valence-corrected chi connectivity index (χ0v) is 8.81. The largest absolute Gasteiger partial charge is 0.476 e. The molecule has 0 saturated carbocycles. The van der Waals surface area contributed by atoms with Crippen molar-refractivity contribution in [3.63, 3.8) is 0 Å². The van der Waals surface area contributed by atoms with Gasteiger partial charge in [0.25, 0.3) is 5.88 Å². The predicted molar refractivity (Wildman–Crippen MR) is 54.1 cm³/mol. The molecule has 0 bridgehead atoms. The number of nitrogens with one attached hydrogen (secondary N) is 1. The molecule has 1 rings (SSSR count). The number of ether oxygens (including phenoxy) is 1. The Labute approximate surface area is 87.5 Å². The van der Waals surface area contributed by atoms with Gasteiger partial charge in [0, 0.05) is 12.6 Å². The van der Waals surface area contributed by atoms with Gasteiger partial charge in [0.2, 0.25) is 0 Å². The lowest BCUT2D eigenvalue weighted by atomic mass is 10.4. The van der Waals surface area contributed by atoms with Crippen molar-refractivity contribution < 1.29 is 13.5 Å². The molecule has 0 atom stereocenters. The van der Waals surface area contributed by atoms with Crippen molar-refractivity contribution in [2.75, 3.05) is 18.5 Å². The Kier molecular flexibility index (Phi) is 4.27. The zero-order chi connectivity index (χ0) is 11.3. The maximum absolute atomic E-state index is 13.2. The molecule has 0 fully saturated rings. The van der Waals surface area contributed by atoms with Crippen LogP contribution in [0.15, 0.2) is 6.07 Å². The number of hydrogen-bond acceptors (Lipinski definition) is 3. The first-order chi connectivity index (χ1) is 7.19. The summed E-state index contributed by atoms with van der Waals surface area (Å²) in [5.41, 5.74) is 0. The van der Waals surface area contributed by atoms with Crippen molar-refractivity contribution in [2.24, 2.45) is 0 Å². The molecule has 0 amide bonds. The van der Waals surface area contributed by atoms with Gasteiger partial charge in [-0.25, -0.2) is 8.78 Å². The summed E-state index contributed by atoms with van der Waals surface area (Å²) < 4.78 is 31.2. The third-order valence-corrected chi connectivity index (χ3v) is 1.72. The molecule has 0 aliphatic carbocycles. The topological polar surface area (TPSA) is 34.2 Å². The molecule has 0 spiro atoms. The minimum absolute atomic E-state index is 0.0294. The van der Waals surface area contributed by atoms with Crippen LogP contribution >= 0.6 is 0 Å². The first-order valence-electron chi connectivity index (χ1n) is 4.91. The Morgan fingerprint density at radius 3 is 2.67 bits per heavy atom. The molecule has 5 heteroatoms. The van der Waals surface area contributed by atoms with Crippen molar-refractivity contribution in [1.82, 2.24) is 4.98 Å². The molecule has 1 N–H and O–H groups in total. The Hall–Kier alpha value is -1.39. The Bertz CT molecular complexity index is 331. The maximum Gasteiger partial charge on any atom is 0.252 e. The fourth-order valence-electron chi connectivity index (χ4n) is 1.06. The summed E-state index contributed by atoms with van der Waals surface area (Å²) in [6.07, 6.45) is 0.836. The van der Waals surface area contributed by atoms with Crippen LogP contribution in [0, 0.1) is 11.6 Å².